The van der Waals surface area contributed by atoms with Gasteiger partial charge in [-0.25, -0.2) is 13.1 Å². The Balaban J connectivity index is 1.86. The van der Waals surface area contributed by atoms with Crippen molar-refractivity contribution in [2.75, 3.05) is 6.54 Å². The van der Waals surface area contributed by atoms with E-state index in [2.05, 4.69) is 15.0 Å². The molecule has 1 aromatic heterocycles. The van der Waals surface area contributed by atoms with Crippen LogP contribution in [0.4, 0.5) is 0 Å². The number of sulfonamides is 1. The van der Waals surface area contributed by atoms with Gasteiger partial charge >= 0.3 is 0 Å². The smallest absolute Gasteiger partial charge is 0.241 e. The molecule has 0 atom stereocenters. The molecule has 2 N–H and O–H groups in total. The van der Waals surface area contributed by atoms with Crippen LogP contribution >= 0.6 is 0 Å². The van der Waals surface area contributed by atoms with Crippen LogP contribution in [-0.2, 0) is 21.4 Å². The number of nitrogens with zero attached hydrogens (tertiary/aromatic N) is 1. The highest BCUT2D eigenvalue weighted by Crippen LogP contribution is 2.09. The molecule has 116 valence electrons. The van der Waals surface area contributed by atoms with Gasteiger partial charge in [0.2, 0.25) is 15.9 Å². The van der Waals surface area contributed by atoms with E-state index < -0.39 is 15.9 Å². The van der Waals surface area contributed by atoms with E-state index in [1.165, 1.54) is 12.1 Å². The molecule has 1 amide bonds. The van der Waals surface area contributed by atoms with Gasteiger partial charge in [-0.05, 0) is 31.2 Å². The van der Waals surface area contributed by atoms with Crippen molar-refractivity contribution in [3.63, 3.8) is 0 Å². The average molecular weight is 319 g/mol. The Morgan fingerprint density at radius 2 is 1.86 bits per heavy atom. The van der Waals surface area contributed by atoms with Crippen LogP contribution in [0.5, 0.6) is 0 Å². The van der Waals surface area contributed by atoms with Gasteiger partial charge in [-0.15, -0.1) is 0 Å². The SMILES string of the molecule is Cc1ccc(S(=O)(=O)NCC(=O)NCc2ccccn2)cc1. The maximum absolute atomic E-state index is 12.0. The number of carbonyl (C=O) groups is 1. The minimum atomic E-state index is -3.68. The average Bonchev–Trinajstić information content (AvgIpc) is 2.52. The third-order valence-corrected chi connectivity index (χ3v) is 4.36. The van der Waals surface area contributed by atoms with Crippen molar-refractivity contribution < 1.29 is 13.2 Å². The number of amides is 1. The van der Waals surface area contributed by atoms with Gasteiger partial charge in [-0.2, -0.15) is 0 Å². The molecule has 0 saturated carbocycles. The zero-order valence-electron chi connectivity index (χ0n) is 12.1. The second kappa shape index (κ2) is 7.15. The number of benzene rings is 1. The lowest BCUT2D eigenvalue weighted by molar-refractivity contribution is -0.120. The molecular weight excluding hydrogens is 302 g/mol. The molecule has 0 fully saturated rings. The zero-order valence-corrected chi connectivity index (χ0v) is 12.9. The highest BCUT2D eigenvalue weighted by Gasteiger charge is 2.15. The summed E-state index contributed by atoms with van der Waals surface area (Å²) in [5.74, 6) is -0.415. The quantitative estimate of drug-likeness (QED) is 0.831. The van der Waals surface area contributed by atoms with Crippen molar-refractivity contribution in [3.05, 3.63) is 59.9 Å². The summed E-state index contributed by atoms with van der Waals surface area (Å²) in [4.78, 5) is 15.9. The highest BCUT2D eigenvalue weighted by molar-refractivity contribution is 7.89. The van der Waals surface area contributed by atoms with E-state index >= 15 is 0 Å². The Labute approximate surface area is 129 Å². The molecule has 0 saturated heterocycles. The lowest BCUT2D eigenvalue weighted by atomic mass is 10.2. The van der Waals surface area contributed by atoms with Gasteiger partial charge in [-0.3, -0.25) is 9.78 Å². The number of hydrogen-bond donors (Lipinski definition) is 2. The lowest BCUT2D eigenvalue weighted by Crippen LogP contribution is -2.36. The highest BCUT2D eigenvalue weighted by atomic mass is 32.2. The van der Waals surface area contributed by atoms with Gasteiger partial charge in [0.15, 0.2) is 0 Å². The first-order chi connectivity index (χ1) is 10.5. The second-order valence-corrected chi connectivity index (χ2v) is 6.50. The number of hydrogen-bond acceptors (Lipinski definition) is 4. The molecule has 2 rings (SSSR count). The number of carbonyl (C=O) groups excluding carboxylic acids is 1. The molecule has 0 radical (unpaired) electrons. The minimum Gasteiger partial charge on any atom is -0.349 e. The molecule has 22 heavy (non-hydrogen) atoms. The molecule has 0 aliphatic rings. The van der Waals surface area contributed by atoms with E-state index in [1.807, 2.05) is 13.0 Å². The van der Waals surface area contributed by atoms with Crippen molar-refractivity contribution in [2.24, 2.45) is 0 Å². The van der Waals surface area contributed by atoms with Crippen molar-refractivity contribution in [2.45, 2.75) is 18.4 Å². The van der Waals surface area contributed by atoms with Crippen LogP contribution in [0.1, 0.15) is 11.3 Å². The molecule has 0 aliphatic carbocycles. The molecule has 0 unspecified atom stereocenters. The standard InChI is InChI=1S/C15H17N3O3S/c1-12-5-7-14(8-6-12)22(20,21)18-11-15(19)17-10-13-4-2-3-9-16-13/h2-9,18H,10-11H2,1H3,(H,17,19). The van der Waals surface area contributed by atoms with Crippen LogP contribution in [0.25, 0.3) is 0 Å². The van der Waals surface area contributed by atoms with Crippen LogP contribution in [0, 0.1) is 6.92 Å². The maximum atomic E-state index is 12.0. The molecule has 0 bridgehead atoms. The molecule has 0 aliphatic heterocycles. The largest absolute Gasteiger partial charge is 0.349 e. The fourth-order valence-electron chi connectivity index (χ4n) is 1.72. The number of pyridine rings is 1. The van der Waals surface area contributed by atoms with Crippen molar-refractivity contribution in [1.82, 2.24) is 15.0 Å². The molecule has 2 aromatic rings. The minimum absolute atomic E-state index is 0.135. The first-order valence-electron chi connectivity index (χ1n) is 6.70. The Hall–Kier alpha value is -2.25. The van der Waals surface area contributed by atoms with Gasteiger partial charge in [0.25, 0.3) is 0 Å². The number of nitrogens with one attached hydrogen (secondary N) is 2. The number of aromatic nitrogens is 1. The van der Waals surface area contributed by atoms with Gasteiger partial charge < -0.3 is 5.32 Å². The van der Waals surface area contributed by atoms with E-state index in [0.717, 1.165) is 5.56 Å². The van der Waals surface area contributed by atoms with Crippen LogP contribution < -0.4 is 10.0 Å². The van der Waals surface area contributed by atoms with Crippen LogP contribution in [0.15, 0.2) is 53.6 Å². The second-order valence-electron chi connectivity index (χ2n) is 4.74. The van der Waals surface area contributed by atoms with Crippen molar-refractivity contribution in [1.29, 1.82) is 0 Å². The Morgan fingerprint density at radius 3 is 2.50 bits per heavy atom. The van der Waals surface area contributed by atoms with Gasteiger partial charge in [-0.1, -0.05) is 23.8 Å². The molecule has 1 aromatic carbocycles. The summed E-state index contributed by atoms with van der Waals surface area (Å²) >= 11 is 0. The predicted molar refractivity (Wildman–Crippen MR) is 82.5 cm³/mol. The number of aryl methyl sites for hydroxylation is 1. The third-order valence-electron chi connectivity index (χ3n) is 2.95. The molecule has 7 heteroatoms. The van der Waals surface area contributed by atoms with Crippen LogP contribution in [-0.4, -0.2) is 25.9 Å². The van der Waals surface area contributed by atoms with E-state index in [-0.39, 0.29) is 18.0 Å². The predicted octanol–water partition coefficient (Wildman–Crippen LogP) is 0.985. The first-order valence-corrected chi connectivity index (χ1v) is 8.18. The Bertz CT molecular complexity index is 728. The summed E-state index contributed by atoms with van der Waals surface area (Å²) in [6.45, 7) is 1.81. The van der Waals surface area contributed by atoms with Gasteiger partial charge in [0.1, 0.15) is 0 Å². The van der Waals surface area contributed by atoms with E-state index in [0.29, 0.717) is 5.69 Å². The third kappa shape index (κ3) is 4.64. The normalized spacial score (nSPS) is 11.1. The monoisotopic (exact) mass is 319 g/mol. The summed E-state index contributed by atoms with van der Waals surface area (Å²) < 4.78 is 26.3. The summed E-state index contributed by atoms with van der Waals surface area (Å²) in [7, 11) is -3.68. The fraction of sp³-hybridized carbons (Fsp3) is 0.200. The summed E-state index contributed by atoms with van der Waals surface area (Å²) in [5.41, 5.74) is 1.67. The Morgan fingerprint density at radius 1 is 1.14 bits per heavy atom. The van der Waals surface area contributed by atoms with Gasteiger partial charge in [0.05, 0.1) is 23.7 Å². The topological polar surface area (TPSA) is 88.2 Å². The van der Waals surface area contributed by atoms with E-state index in [1.54, 1.807) is 30.5 Å². The molecular formula is C15H17N3O3S. The maximum Gasteiger partial charge on any atom is 0.241 e. The Kier molecular flexibility index (Phi) is 5.24. The van der Waals surface area contributed by atoms with Crippen LogP contribution in [0.2, 0.25) is 0 Å². The summed E-state index contributed by atoms with van der Waals surface area (Å²) in [6, 6.07) is 11.8. The summed E-state index contributed by atoms with van der Waals surface area (Å²) in [5, 5.41) is 2.60. The lowest BCUT2D eigenvalue weighted by Gasteiger charge is -2.08. The first kappa shape index (κ1) is 16.1. The van der Waals surface area contributed by atoms with E-state index in [9.17, 15) is 13.2 Å². The fourth-order valence-corrected chi connectivity index (χ4v) is 2.70. The van der Waals surface area contributed by atoms with Crippen molar-refractivity contribution in [3.8, 4) is 0 Å². The number of rotatable bonds is 6. The van der Waals surface area contributed by atoms with E-state index in [4.69, 9.17) is 0 Å². The molecule has 1 heterocycles. The molecule has 0 spiro atoms. The van der Waals surface area contributed by atoms with Crippen molar-refractivity contribution >= 4 is 15.9 Å². The molecule has 6 nitrogen and oxygen atoms in total. The van der Waals surface area contributed by atoms with Gasteiger partial charge in [0, 0.05) is 6.20 Å². The zero-order chi connectivity index (χ0) is 16.0. The summed E-state index contributed by atoms with van der Waals surface area (Å²) in [6.07, 6.45) is 1.63. The van der Waals surface area contributed by atoms with Crippen LogP contribution in [0.3, 0.4) is 0 Å².